The highest BCUT2D eigenvalue weighted by molar-refractivity contribution is 8.01. The molecule has 1 aliphatic rings. The SMILES string of the molecule is CNC(=O)CSc1nnc(N2CCN(C(=O)c3ccccc3C(F)(F)F)CC2)s1. The van der Waals surface area contributed by atoms with Crippen LogP contribution in [0.2, 0.25) is 0 Å². The molecule has 0 saturated carbocycles. The largest absolute Gasteiger partial charge is 0.417 e. The molecule has 1 N–H and O–H groups in total. The highest BCUT2D eigenvalue weighted by Crippen LogP contribution is 2.33. The summed E-state index contributed by atoms with van der Waals surface area (Å²) < 4.78 is 40.2. The van der Waals surface area contributed by atoms with Crippen LogP contribution >= 0.6 is 23.1 Å². The minimum atomic E-state index is -4.58. The monoisotopic (exact) mass is 445 g/mol. The van der Waals surface area contributed by atoms with Crippen molar-refractivity contribution in [1.29, 1.82) is 0 Å². The molecule has 1 aromatic heterocycles. The number of hydrogen-bond donors (Lipinski definition) is 1. The number of aromatic nitrogens is 2. The molecule has 1 aromatic carbocycles. The van der Waals surface area contributed by atoms with E-state index in [0.717, 1.165) is 6.07 Å². The van der Waals surface area contributed by atoms with Crippen LogP contribution in [0.25, 0.3) is 0 Å². The Bertz CT molecular complexity index is 882. The predicted octanol–water partition coefficient (Wildman–Crippen LogP) is 2.36. The van der Waals surface area contributed by atoms with Gasteiger partial charge in [-0.15, -0.1) is 10.2 Å². The van der Waals surface area contributed by atoms with E-state index in [0.29, 0.717) is 22.6 Å². The van der Waals surface area contributed by atoms with E-state index in [2.05, 4.69) is 15.5 Å². The van der Waals surface area contributed by atoms with E-state index in [9.17, 15) is 22.8 Å². The first-order chi connectivity index (χ1) is 13.8. The van der Waals surface area contributed by atoms with Crippen LogP contribution in [-0.4, -0.2) is 65.9 Å². The van der Waals surface area contributed by atoms with Crippen molar-refractivity contribution in [2.24, 2.45) is 0 Å². The Morgan fingerprint density at radius 3 is 2.52 bits per heavy atom. The first kappa shape index (κ1) is 21.4. The molecular weight excluding hydrogens is 427 g/mol. The highest BCUT2D eigenvalue weighted by Gasteiger charge is 2.36. The topological polar surface area (TPSA) is 78.4 Å². The van der Waals surface area contributed by atoms with Gasteiger partial charge in [0.05, 0.1) is 16.9 Å². The van der Waals surface area contributed by atoms with Gasteiger partial charge in [0.2, 0.25) is 11.0 Å². The van der Waals surface area contributed by atoms with Crippen LogP contribution in [0.1, 0.15) is 15.9 Å². The second-order valence-corrected chi connectivity index (χ2v) is 8.31. The van der Waals surface area contributed by atoms with Crippen molar-refractivity contribution in [2.75, 3.05) is 43.9 Å². The summed E-state index contributed by atoms with van der Waals surface area (Å²) in [7, 11) is 1.56. The van der Waals surface area contributed by atoms with Gasteiger partial charge < -0.3 is 15.1 Å². The number of nitrogens with one attached hydrogen (secondary N) is 1. The van der Waals surface area contributed by atoms with Gasteiger partial charge >= 0.3 is 6.18 Å². The summed E-state index contributed by atoms with van der Waals surface area (Å²) in [5, 5.41) is 11.3. The average molecular weight is 445 g/mol. The Morgan fingerprint density at radius 1 is 1.17 bits per heavy atom. The third-order valence-corrected chi connectivity index (χ3v) is 6.42. The number of alkyl halides is 3. The van der Waals surface area contributed by atoms with E-state index in [-0.39, 0.29) is 30.3 Å². The molecule has 0 aliphatic carbocycles. The molecule has 156 valence electrons. The normalized spacial score (nSPS) is 14.8. The van der Waals surface area contributed by atoms with Gasteiger partial charge in [0.1, 0.15) is 0 Å². The number of rotatable bonds is 5. The first-order valence-electron chi connectivity index (χ1n) is 8.67. The van der Waals surface area contributed by atoms with Gasteiger partial charge in [0.15, 0.2) is 4.34 Å². The first-order valence-corrected chi connectivity index (χ1v) is 10.5. The molecule has 2 heterocycles. The summed E-state index contributed by atoms with van der Waals surface area (Å²) in [5.74, 6) is -0.499. The van der Waals surface area contributed by atoms with E-state index in [1.54, 1.807) is 7.05 Å². The Labute approximate surface area is 173 Å². The molecule has 29 heavy (non-hydrogen) atoms. The smallest absolute Gasteiger partial charge is 0.358 e. The van der Waals surface area contributed by atoms with Crippen LogP contribution in [-0.2, 0) is 11.0 Å². The zero-order valence-electron chi connectivity index (χ0n) is 15.4. The summed E-state index contributed by atoms with van der Waals surface area (Å²) in [5.41, 5.74) is -1.26. The fraction of sp³-hybridized carbons (Fsp3) is 0.412. The molecule has 0 spiro atoms. The standard InChI is InChI=1S/C17H18F3N5O2S2/c1-21-13(26)10-28-16-23-22-15(29-16)25-8-6-24(7-9-25)14(27)11-4-2-3-5-12(11)17(18,19)20/h2-5H,6-10H2,1H3,(H,21,26). The van der Waals surface area contributed by atoms with Gasteiger partial charge in [-0.25, -0.2) is 0 Å². The third-order valence-electron chi connectivity index (χ3n) is 4.30. The number of carbonyl (C=O) groups excluding carboxylic acids is 2. The molecule has 1 saturated heterocycles. The van der Waals surface area contributed by atoms with Crippen LogP contribution in [0.3, 0.4) is 0 Å². The summed E-state index contributed by atoms with van der Waals surface area (Å²) in [6, 6.07) is 4.83. The zero-order chi connectivity index (χ0) is 21.0. The van der Waals surface area contributed by atoms with Crippen LogP contribution in [0, 0.1) is 0 Å². The number of carbonyl (C=O) groups is 2. The number of nitrogens with zero attached hydrogens (tertiary/aromatic N) is 4. The predicted molar refractivity (Wildman–Crippen MR) is 104 cm³/mol. The van der Waals surface area contributed by atoms with Crippen LogP contribution < -0.4 is 10.2 Å². The van der Waals surface area contributed by atoms with Gasteiger partial charge in [0, 0.05) is 33.2 Å². The van der Waals surface area contributed by atoms with Crippen molar-refractivity contribution in [3.63, 3.8) is 0 Å². The van der Waals surface area contributed by atoms with Crippen molar-refractivity contribution in [2.45, 2.75) is 10.5 Å². The lowest BCUT2D eigenvalue weighted by Gasteiger charge is -2.34. The number of hydrogen-bond acceptors (Lipinski definition) is 7. The Hall–Kier alpha value is -2.34. The Kier molecular flexibility index (Phi) is 6.63. The molecule has 1 aliphatic heterocycles. The van der Waals surface area contributed by atoms with Crippen molar-refractivity contribution in [3.8, 4) is 0 Å². The molecule has 1 fully saturated rings. The lowest BCUT2D eigenvalue weighted by Crippen LogP contribution is -2.49. The number of amides is 2. The zero-order valence-corrected chi connectivity index (χ0v) is 17.0. The summed E-state index contributed by atoms with van der Waals surface area (Å²) in [6.45, 7) is 1.44. The quantitative estimate of drug-likeness (QED) is 0.712. The van der Waals surface area contributed by atoms with Gasteiger partial charge in [-0.2, -0.15) is 13.2 Å². The summed E-state index contributed by atoms with van der Waals surface area (Å²) in [4.78, 5) is 27.3. The number of halogens is 3. The molecule has 0 atom stereocenters. The second kappa shape index (κ2) is 8.99. The molecular formula is C17H18F3N5O2S2. The van der Waals surface area contributed by atoms with E-state index in [1.807, 2.05) is 4.90 Å². The van der Waals surface area contributed by atoms with Gasteiger partial charge in [-0.3, -0.25) is 9.59 Å². The number of anilines is 1. The number of benzene rings is 1. The maximum atomic E-state index is 13.2. The molecule has 2 amide bonds. The van der Waals surface area contributed by atoms with Gasteiger partial charge in [-0.1, -0.05) is 35.2 Å². The van der Waals surface area contributed by atoms with Crippen LogP contribution in [0.4, 0.5) is 18.3 Å². The molecule has 7 nitrogen and oxygen atoms in total. The number of piperazine rings is 1. The van der Waals surface area contributed by atoms with Gasteiger partial charge in [0.25, 0.3) is 5.91 Å². The molecule has 0 bridgehead atoms. The molecule has 3 rings (SSSR count). The van der Waals surface area contributed by atoms with Crippen molar-refractivity contribution >= 4 is 40.0 Å². The Morgan fingerprint density at radius 2 is 1.86 bits per heavy atom. The highest BCUT2D eigenvalue weighted by atomic mass is 32.2. The van der Waals surface area contributed by atoms with E-state index in [1.165, 1.54) is 46.2 Å². The number of thioether (sulfide) groups is 1. The van der Waals surface area contributed by atoms with Crippen molar-refractivity contribution in [3.05, 3.63) is 35.4 Å². The lowest BCUT2D eigenvalue weighted by molar-refractivity contribution is -0.138. The van der Waals surface area contributed by atoms with Gasteiger partial charge in [-0.05, 0) is 12.1 Å². The Balaban J connectivity index is 1.61. The lowest BCUT2D eigenvalue weighted by atomic mass is 10.1. The molecule has 2 aromatic rings. The van der Waals surface area contributed by atoms with E-state index in [4.69, 9.17) is 0 Å². The summed E-state index contributed by atoms with van der Waals surface area (Å²) >= 11 is 2.62. The summed E-state index contributed by atoms with van der Waals surface area (Å²) in [6.07, 6.45) is -4.58. The second-order valence-electron chi connectivity index (χ2n) is 6.13. The molecule has 0 unspecified atom stereocenters. The van der Waals surface area contributed by atoms with Crippen molar-refractivity contribution in [1.82, 2.24) is 20.4 Å². The fourth-order valence-electron chi connectivity index (χ4n) is 2.78. The maximum Gasteiger partial charge on any atom is 0.417 e. The minimum Gasteiger partial charge on any atom is -0.358 e. The maximum absolute atomic E-state index is 13.2. The van der Waals surface area contributed by atoms with Crippen LogP contribution in [0.5, 0.6) is 0 Å². The molecule has 12 heteroatoms. The van der Waals surface area contributed by atoms with E-state index >= 15 is 0 Å². The van der Waals surface area contributed by atoms with Crippen LogP contribution in [0.15, 0.2) is 28.6 Å². The molecule has 0 radical (unpaired) electrons. The average Bonchev–Trinajstić information content (AvgIpc) is 3.20. The minimum absolute atomic E-state index is 0.113. The van der Waals surface area contributed by atoms with Crippen molar-refractivity contribution < 1.29 is 22.8 Å². The third kappa shape index (κ3) is 5.18. The van der Waals surface area contributed by atoms with E-state index < -0.39 is 17.6 Å². The fourth-order valence-corrected chi connectivity index (χ4v) is 4.54.